The van der Waals surface area contributed by atoms with Crippen LogP contribution in [0.4, 0.5) is 0 Å². The molecule has 0 fully saturated rings. The number of methoxy groups -OCH3 is 1. The van der Waals surface area contributed by atoms with Gasteiger partial charge in [0.1, 0.15) is 23.8 Å². The molecule has 1 aliphatic heterocycles. The lowest BCUT2D eigenvalue weighted by atomic mass is 10.0. The summed E-state index contributed by atoms with van der Waals surface area (Å²) in [5.41, 5.74) is 4.17. The summed E-state index contributed by atoms with van der Waals surface area (Å²) in [6.45, 7) is 1.66. The lowest BCUT2D eigenvalue weighted by Gasteiger charge is -2.30. The molecule has 2 aromatic carbocycles. The number of rotatable bonds is 3. The molecule has 6 heteroatoms. The van der Waals surface area contributed by atoms with Crippen molar-refractivity contribution in [2.75, 3.05) is 13.8 Å². The van der Waals surface area contributed by atoms with E-state index in [4.69, 9.17) is 25.5 Å². The van der Waals surface area contributed by atoms with Crippen LogP contribution in [0.2, 0.25) is 5.02 Å². The van der Waals surface area contributed by atoms with Gasteiger partial charge in [-0.25, -0.2) is 4.79 Å². The third-order valence-corrected chi connectivity index (χ3v) is 5.91. The Balaban J connectivity index is 1.58. The molecule has 0 saturated heterocycles. The van der Waals surface area contributed by atoms with Gasteiger partial charge in [-0.15, -0.1) is 0 Å². The molecule has 0 radical (unpaired) electrons. The normalized spacial score (nSPS) is 15.9. The first-order valence-electron chi connectivity index (χ1n) is 9.42. The number of nitrogens with zero attached hydrogens (tertiary/aromatic N) is 1. The summed E-state index contributed by atoms with van der Waals surface area (Å²) in [6.07, 6.45) is 2.64. The van der Waals surface area contributed by atoms with Crippen LogP contribution in [0.15, 0.2) is 39.5 Å². The third kappa shape index (κ3) is 2.77. The number of benzene rings is 2. The first-order chi connectivity index (χ1) is 13.7. The van der Waals surface area contributed by atoms with E-state index in [1.807, 2.05) is 30.3 Å². The summed E-state index contributed by atoms with van der Waals surface area (Å²) in [7, 11) is 1.67. The fourth-order valence-electron chi connectivity index (χ4n) is 4.33. The monoisotopic (exact) mass is 397 g/mol. The van der Waals surface area contributed by atoms with Crippen LogP contribution in [-0.2, 0) is 25.9 Å². The Morgan fingerprint density at radius 2 is 2.00 bits per heavy atom. The Morgan fingerprint density at radius 3 is 2.86 bits per heavy atom. The molecule has 2 aliphatic rings. The molecule has 0 bridgehead atoms. The zero-order chi connectivity index (χ0) is 19.3. The van der Waals surface area contributed by atoms with Gasteiger partial charge in [-0.2, -0.15) is 0 Å². The van der Waals surface area contributed by atoms with Gasteiger partial charge in [0.25, 0.3) is 0 Å². The minimum atomic E-state index is -0.230. The van der Waals surface area contributed by atoms with Gasteiger partial charge in [-0.3, -0.25) is 4.90 Å². The molecule has 0 saturated carbocycles. The van der Waals surface area contributed by atoms with Crippen molar-refractivity contribution in [1.29, 1.82) is 0 Å². The predicted octanol–water partition coefficient (Wildman–Crippen LogP) is 4.30. The zero-order valence-corrected chi connectivity index (χ0v) is 16.3. The lowest BCUT2D eigenvalue weighted by Crippen LogP contribution is -2.32. The van der Waals surface area contributed by atoms with E-state index >= 15 is 0 Å². The van der Waals surface area contributed by atoms with Gasteiger partial charge in [0.05, 0.1) is 17.7 Å². The van der Waals surface area contributed by atoms with Crippen LogP contribution in [0.5, 0.6) is 11.5 Å². The average molecular weight is 398 g/mol. The van der Waals surface area contributed by atoms with Crippen molar-refractivity contribution in [1.82, 2.24) is 4.90 Å². The van der Waals surface area contributed by atoms with Crippen molar-refractivity contribution in [2.45, 2.75) is 32.4 Å². The van der Waals surface area contributed by atoms with Crippen molar-refractivity contribution in [3.63, 3.8) is 0 Å². The van der Waals surface area contributed by atoms with E-state index in [-0.39, 0.29) is 5.63 Å². The summed E-state index contributed by atoms with van der Waals surface area (Å²) in [5, 5.41) is 1.51. The molecular weight excluding hydrogens is 378 g/mol. The van der Waals surface area contributed by atoms with E-state index in [1.54, 1.807) is 7.11 Å². The van der Waals surface area contributed by atoms with Gasteiger partial charge in [-0.05, 0) is 37.0 Å². The highest BCUT2D eigenvalue weighted by Crippen LogP contribution is 2.41. The Kier molecular flexibility index (Phi) is 4.29. The number of fused-ring (bicyclic) bond motifs is 5. The lowest BCUT2D eigenvalue weighted by molar-refractivity contribution is 0.0883. The fourth-order valence-corrected chi connectivity index (χ4v) is 4.61. The Morgan fingerprint density at radius 1 is 1.18 bits per heavy atom. The molecule has 5 nitrogen and oxygen atoms in total. The Labute approximate surface area is 167 Å². The molecule has 2 heterocycles. The van der Waals surface area contributed by atoms with E-state index in [9.17, 15) is 4.79 Å². The van der Waals surface area contributed by atoms with Crippen LogP contribution in [0.1, 0.15) is 28.7 Å². The third-order valence-electron chi connectivity index (χ3n) is 5.62. The topological polar surface area (TPSA) is 51.9 Å². The zero-order valence-electron chi connectivity index (χ0n) is 15.6. The van der Waals surface area contributed by atoms with Gasteiger partial charge >= 0.3 is 5.63 Å². The number of para-hydroxylation sites is 1. The molecule has 0 amide bonds. The van der Waals surface area contributed by atoms with Crippen LogP contribution in [0.25, 0.3) is 11.0 Å². The highest BCUT2D eigenvalue weighted by molar-refractivity contribution is 6.33. The van der Waals surface area contributed by atoms with E-state index in [2.05, 4.69) is 4.90 Å². The van der Waals surface area contributed by atoms with Crippen LogP contribution < -0.4 is 15.1 Å². The molecule has 5 rings (SSSR count). The molecule has 144 valence electrons. The van der Waals surface area contributed by atoms with Gasteiger partial charge in [0.2, 0.25) is 0 Å². The number of hydrogen-bond donors (Lipinski definition) is 0. The van der Waals surface area contributed by atoms with Crippen LogP contribution in [-0.4, -0.2) is 18.7 Å². The van der Waals surface area contributed by atoms with Crippen LogP contribution >= 0.6 is 11.6 Å². The second-order valence-corrected chi connectivity index (χ2v) is 7.72. The number of hydrogen-bond acceptors (Lipinski definition) is 5. The Hall–Kier alpha value is -2.50. The molecule has 3 aromatic rings. The number of halogens is 1. The Bertz CT molecular complexity index is 1140. The van der Waals surface area contributed by atoms with E-state index < -0.39 is 0 Å². The molecule has 0 atom stereocenters. The molecule has 1 aromatic heterocycles. The van der Waals surface area contributed by atoms with E-state index in [0.717, 1.165) is 52.7 Å². The van der Waals surface area contributed by atoms with Crippen LogP contribution in [0, 0.1) is 0 Å². The van der Waals surface area contributed by atoms with E-state index in [0.29, 0.717) is 36.2 Å². The summed E-state index contributed by atoms with van der Waals surface area (Å²) < 4.78 is 17.2. The van der Waals surface area contributed by atoms with Gasteiger partial charge in [-0.1, -0.05) is 29.8 Å². The summed E-state index contributed by atoms with van der Waals surface area (Å²) in [5.74, 6) is 1.46. The first kappa shape index (κ1) is 17.6. The molecule has 0 spiro atoms. The summed E-state index contributed by atoms with van der Waals surface area (Å²) >= 11 is 6.53. The standard InChI is InChI=1S/C22H20ClNO4/c1-26-19-8-3-2-5-13(19)10-24-11-17-20-16(9-18(23)21(17)27-12-24)14-6-4-7-15(14)22(25)28-20/h2-3,5,8-9H,4,6-7,10-12H2,1H3. The average Bonchev–Trinajstić information content (AvgIpc) is 3.20. The second-order valence-electron chi connectivity index (χ2n) is 7.32. The first-order valence-corrected chi connectivity index (χ1v) is 9.80. The maximum atomic E-state index is 12.5. The quantitative estimate of drug-likeness (QED) is 0.617. The van der Waals surface area contributed by atoms with Crippen molar-refractivity contribution < 1.29 is 13.9 Å². The smallest absolute Gasteiger partial charge is 0.339 e. The molecular formula is C22H20ClNO4. The highest BCUT2D eigenvalue weighted by atomic mass is 35.5. The minimum Gasteiger partial charge on any atom is -0.496 e. The van der Waals surface area contributed by atoms with Crippen molar-refractivity contribution >= 4 is 22.6 Å². The summed E-state index contributed by atoms with van der Waals surface area (Å²) in [6, 6.07) is 9.82. The fraction of sp³-hybridized carbons (Fsp3) is 0.318. The van der Waals surface area contributed by atoms with E-state index in [1.165, 1.54) is 0 Å². The van der Waals surface area contributed by atoms with Gasteiger partial charge in [0.15, 0.2) is 0 Å². The highest BCUT2D eigenvalue weighted by Gasteiger charge is 2.28. The number of aryl methyl sites for hydroxylation is 1. The molecule has 28 heavy (non-hydrogen) atoms. The minimum absolute atomic E-state index is 0.230. The van der Waals surface area contributed by atoms with Crippen molar-refractivity contribution in [3.05, 3.63) is 68.0 Å². The molecule has 0 N–H and O–H groups in total. The van der Waals surface area contributed by atoms with Crippen molar-refractivity contribution in [2.24, 2.45) is 0 Å². The van der Waals surface area contributed by atoms with Crippen molar-refractivity contribution in [3.8, 4) is 11.5 Å². The maximum Gasteiger partial charge on any atom is 0.339 e. The summed E-state index contributed by atoms with van der Waals surface area (Å²) in [4.78, 5) is 14.6. The van der Waals surface area contributed by atoms with Gasteiger partial charge < -0.3 is 13.9 Å². The predicted molar refractivity (Wildman–Crippen MR) is 107 cm³/mol. The largest absolute Gasteiger partial charge is 0.496 e. The van der Waals surface area contributed by atoms with Crippen LogP contribution in [0.3, 0.4) is 0 Å². The second kappa shape index (κ2) is 6.83. The SMILES string of the molecule is COc1ccccc1CN1COc2c(Cl)cc3c4c(c(=O)oc3c2C1)CCC4. The number of ether oxygens (including phenoxy) is 2. The van der Waals surface area contributed by atoms with Gasteiger partial charge in [0, 0.05) is 29.6 Å². The molecule has 0 unspecified atom stereocenters. The maximum absolute atomic E-state index is 12.5. The molecule has 1 aliphatic carbocycles.